The Morgan fingerprint density at radius 3 is 2.21 bits per heavy atom. The van der Waals surface area contributed by atoms with Crippen LogP contribution in [0.2, 0.25) is 0 Å². The average Bonchev–Trinajstić information content (AvgIpc) is 3.02. The van der Waals surface area contributed by atoms with Gasteiger partial charge in [-0.1, -0.05) is 6.07 Å². The molecule has 1 atom stereocenters. The third-order valence-electron chi connectivity index (χ3n) is 5.57. The number of imide groups is 4. The molecule has 0 aromatic heterocycles. The fraction of sp³-hybridized carbons (Fsp3) is 0.538. The van der Waals surface area contributed by atoms with E-state index in [2.05, 4.69) is 0 Å². The number of fused-ring (bicyclic) bond motifs is 1. The van der Waals surface area contributed by atoms with Crippen LogP contribution in [0.25, 0.3) is 0 Å². The van der Waals surface area contributed by atoms with Crippen LogP contribution in [0.15, 0.2) is 18.2 Å². The topological polar surface area (TPSA) is 140 Å². The molecule has 1 fully saturated rings. The van der Waals surface area contributed by atoms with Gasteiger partial charge in [0.25, 0.3) is 17.7 Å². The first kappa shape index (κ1) is 28.6. The number of piperidine rings is 1. The highest BCUT2D eigenvalue weighted by Gasteiger charge is 2.50. The number of hydrogen-bond acceptors (Lipinski definition) is 9. The number of likely N-dealkylation sites (N-methyl/N-ethyl adjacent to an activating group) is 1. The number of carbonyl (C=O) groups is 6. The van der Waals surface area contributed by atoms with Crippen LogP contribution in [-0.2, 0) is 19.1 Å². The zero-order valence-corrected chi connectivity index (χ0v) is 22.7. The highest BCUT2D eigenvalue weighted by Crippen LogP contribution is 2.34. The predicted octanol–water partition coefficient (Wildman–Crippen LogP) is 2.98. The highest BCUT2D eigenvalue weighted by atomic mass is 16.6. The average molecular weight is 532 g/mol. The molecule has 0 radical (unpaired) electrons. The van der Waals surface area contributed by atoms with Gasteiger partial charge in [0.15, 0.2) is 0 Å². The quantitative estimate of drug-likeness (QED) is 0.525. The van der Waals surface area contributed by atoms with E-state index in [1.165, 1.54) is 30.1 Å². The molecule has 0 spiro atoms. The minimum atomic E-state index is -1.36. The van der Waals surface area contributed by atoms with Gasteiger partial charge in [-0.25, -0.2) is 9.59 Å². The summed E-state index contributed by atoms with van der Waals surface area (Å²) in [4.78, 5) is 79.3. The van der Waals surface area contributed by atoms with Gasteiger partial charge in [0, 0.05) is 13.5 Å². The Morgan fingerprint density at radius 1 is 0.974 bits per heavy atom. The second-order valence-electron chi connectivity index (χ2n) is 11.0. The first-order valence-electron chi connectivity index (χ1n) is 12.2. The van der Waals surface area contributed by atoms with E-state index in [9.17, 15) is 28.8 Å². The van der Waals surface area contributed by atoms with Gasteiger partial charge < -0.3 is 19.1 Å². The zero-order valence-electron chi connectivity index (χ0n) is 22.7. The molecule has 1 unspecified atom stereocenters. The van der Waals surface area contributed by atoms with Crippen molar-refractivity contribution in [2.45, 2.75) is 71.6 Å². The van der Waals surface area contributed by atoms with E-state index in [0.717, 1.165) is 4.90 Å². The van der Waals surface area contributed by atoms with Crippen LogP contribution in [0.4, 0.5) is 9.59 Å². The van der Waals surface area contributed by atoms with Gasteiger partial charge in [-0.3, -0.25) is 24.1 Å². The smallest absolute Gasteiger partial charge is 0.424 e. The maximum Gasteiger partial charge on any atom is 0.424 e. The van der Waals surface area contributed by atoms with Crippen LogP contribution < -0.4 is 4.74 Å². The number of likely N-dealkylation sites (tertiary alicyclic amines) is 1. The summed E-state index contributed by atoms with van der Waals surface area (Å²) >= 11 is 0. The lowest BCUT2D eigenvalue weighted by atomic mass is 10.0. The molecule has 38 heavy (non-hydrogen) atoms. The Kier molecular flexibility index (Phi) is 7.85. The van der Waals surface area contributed by atoms with Crippen molar-refractivity contribution in [3.63, 3.8) is 0 Å². The van der Waals surface area contributed by atoms with Crippen molar-refractivity contribution >= 4 is 35.8 Å². The molecule has 2 aliphatic rings. The van der Waals surface area contributed by atoms with Gasteiger partial charge in [-0.2, -0.15) is 4.90 Å². The summed E-state index contributed by atoms with van der Waals surface area (Å²) < 4.78 is 16.2. The van der Waals surface area contributed by atoms with Crippen LogP contribution in [0.3, 0.4) is 0 Å². The number of amides is 6. The van der Waals surface area contributed by atoms with Gasteiger partial charge >= 0.3 is 12.2 Å². The molecule has 1 aromatic carbocycles. The fourth-order valence-corrected chi connectivity index (χ4v) is 3.91. The van der Waals surface area contributed by atoms with Crippen molar-refractivity contribution in [3.05, 3.63) is 29.3 Å². The monoisotopic (exact) mass is 531 g/mol. The number of carbonyl (C=O) groups excluding carboxylic acids is 6. The van der Waals surface area contributed by atoms with Crippen molar-refractivity contribution < 1.29 is 43.0 Å². The van der Waals surface area contributed by atoms with Gasteiger partial charge in [-0.15, -0.1) is 0 Å². The van der Waals surface area contributed by atoms with Crippen molar-refractivity contribution in [2.24, 2.45) is 0 Å². The van der Waals surface area contributed by atoms with E-state index in [0.29, 0.717) is 4.90 Å². The third kappa shape index (κ3) is 6.12. The summed E-state index contributed by atoms with van der Waals surface area (Å²) in [6.45, 7) is 10.1. The second kappa shape index (κ2) is 10.4. The maximum atomic E-state index is 13.4. The maximum absolute atomic E-state index is 13.4. The summed E-state index contributed by atoms with van der Waals surface area (Å²) in [5.74, 6) is -3.19. The van der Waals surface area contributed by atoms with Crippen molar-refractivity contribution in [3.8, 4) is 5.75 Å². The molecular formula is C26H33N3O9. The van der Waals surface area contributed by atoms with Gasteiger partial charge in [0.2, 0.25) is 5.91 Å². The molecule has 12 nitrogen and oxygen atoms in total. The Labute approximate surface area is 220 Å². The van der Waals surface area contributed by atoms with Crippen LogP contribution in [0.1, 0.15) is 75.1 Å². The third-order valence-corrected chi connectivity index (χ3v) is 5.57. The van der Waals surface area contributed by atoms with Gasteiger partial charge in [0.05, 0.1) is 17.7 Å². The molecule has 0 saturated carbocycles. The second-order valence-corrected chi connectivity index (χ2v) is 11.0. The van der Waals surface area contributed by atoms with E-state index in [4.69, 9.17) is 14.2 Å². The van der Waals surface area contributed by atoms with E-state index in [-0.39, 0.29) is 42.9 Å². The summed E-state index contributed by atoms with van der Waals surface area (Å²) in [5.41, 5.74) is -1.64. The number of benzene rings is 1. The number of hydrogen-bond donors (Lipinski definition) is 0. The lowest BCUT2D eigenvalue weighted by molar-refractivity contribution is -0.149. The molecule has 0 aliphatic carbocycles. The molecule has 2 heterocycles. The lowest BCUT2D eigenvalue weighted by Crippen LogP contribution is -2.58. The molecular weight excluding hydrogens is 498 g/mol. The summed E-state index contributed by atoms with van der Waals surface area (Å²) in [5, 5.41) is 0. The Balaban J connectivity index is 1.76. The van der Waals surface area contributed by atoms with E-state index < -0.39 is 53.1 Å². The van der Waals surface area contributed by atoms with Crippen LogP contribution in [0, 0.1) is 0 Å². The standard InChI is InChI=1S/C26H33N3O9/c1-25(2,3)37-23(34)27(7)13-14-36-17-10-8-9-15-19(17)22(33)28(20(15)31)16-11-12-18(30)29(21(16)32)24(35)38-26(4,5)6/h8-10,16H,11-14H2,1-7H3. The Morgan fingerprint density at radius 2 is 1.61 bits per heavy atom. The minimum absolute atomic E-state index is 0.00303. The number of ether oxygens (including phenoxy) is 3. The van der Waals surface area contributed by atoms with Crippen molar-refractivity contribution in [1.82, 2.24) is 14.7 Å². The molecule has 6 amide bonds. The minimum Gasteiger partial charge on any atom is -0.491 e. The zero-order chi connectivity index (χ0) is 28.6. The normalized spacial score (nSPS) is 17.9. The van der Waals surface area contributed by atoms with Gasteiger partial charge in [-0.05, 0) is 60.1 Å². The van der Waals surface area contributed by atoms with Crippen LogP contribution >= 0.6 is 0 Å². The highest BCUT2D eigenvalue weighted by molar-refractivity contribution is 6.25. The Hall–Kier alpha value is -3.96. The van der Waals surface area contributed by atoms with Crippen LogP contribution in [0.5, 0.6) is 5.75 Å². The molecule has 0 bridgehead atoms. The molecule has 2 aliphatic heterocycles. The molecule has 206 valence electrons. The molecule has 1 saturated heterocycles. The van der Waals surface area contributed by atoms with E-state index in [1.54, 1.807) is 41.5 Å². The predicted molar refractivity (Wildman–Crippen MR) is 132 cm³/mol. The summed E-state index contributed by atoms with van der Waals surface area (Å²) in [6, 6.07) is 3.10. The lowest BCUT2D eigenvalue weighted by Gasteiger charge is -2.34. The summed E-state index contributed by atoms with van der Waals surface area (Å²) in [6.07, 6.45) is -2.06. The number of nitrogens with zero attached hydrogens (tertiary/aromatic N) is 3. The van der Waals surface area contributed by atoms with E-state index in [1.807, 2.05) is 0 Å². The number of rotatable bonds is 5. The van der Waals surface area contributed by atoms with Crippen molar-refractivity contribution in [1.29, 1.82) is 0 Å². The molecule has 12 heteroatoms. The van der Waals surface area contributed by atoms with Gasteiger partial charge in [0.1, 0.15) is 29.6 Å². The SMILES string of the molecule is CN(CCOc1cccc2c1C(=O)N(C1CCC(=O)N(C(=O)OC(C)(C)C)C1=O)C2=O)C(=O)OC(C)(C)C. The first-order chi connectivity index (χ1) is 17.5. The van der Waals surface area contributed by atoms with Crippen LogP contribution in [-0.4, -0.2) is 88.0 Å². The van der Waals surface area contributed by atoms with Crippen molar-refractivity contribution in [2.75, 3.05) is 20.2 Å². The Bertz CT molecular complexity index is 1180. The molecule has 1 aromatic rings. The summed E-state index contributed by atoms with van der Waals surface area (Å²) in [7, 11) is 1.54. The molecule has 0 N–H and O–H groups in total. The first-order valence-corrected chi connectivity index (χ1v) is 12.2. The fourth-order valence-electron chi connectivity index (χ4n) is 3.91. The largest absolute Gasteiger partial charge is 0.491 e. The van der Waals surface area contributed by atoms with E-state index >= 15 is 0 Å². The molecule has 3 rings (SSSR count).